The highest BCUT2D eigenvalue weighted by Crippen LogP contribution is 2.35. The van der Waals surface area contributed by atoms with Crippen molar-refractivity contribution in [3.8, 4) is 0 Å². The molecule has 3 aromatic rings. The summed E-state index contributed by atoms with van der Waals surface area (Å²) >= 11 is 0. The summed E-state index contributed by atoms with van der Waals surface area (Å²) in [5.41, 5.74) is 0.179. The zero-order valence-electron chi connectivity index (χ0n) is 14.7. The van der Waals surface area contributed by atoms with Crippen LogP contribution in [-0.2, 0) is 12.6 Å². The second-order valence-corrected chi connectivity index (χ2v) is 5.95. The standard InChI is InChI=1S/C20H17F3N4O/c21-20(22,23)15-8-4-5-9-16(15)27-18-12-17(25-13-26-18)19(28)24-11-10-14-6-2-1-3-7-14/h1-9,12-13H,10-11H2,(H,24,28)(H,25,26,27). The largest absolute Gasteiger partial charge is 0.418 e. The molecular weight excluding hydrogens is 369 g/mol. The highest BCUT2D eigenvalue weighted by molar-refractivity contribution is 5.93. The van der Waals surface area contributed by atoms with Crippen LogP contribution >= 0.6 is 0 Å². The summed E-state index contributed by atoms with van der Waals surface area (Å²) in [5.74, 6) is -0.328. The van der Waals surface area contributed by atoms with E-state index < -0.39 is 17.6 Å². The molecule has 0 fully saturated rings. The lowest BCUT2D eigenvalue weighted by atomic mass is 10.1. The van der Waals surface area contributed by atoms with E-state index in [0.717, 1.165) is 18.0 Å². The number of carbonyl (C=O) groups is 1. The number of anilines is 2. The number of nitrogens with one attached hydrogen (secondary N) is 2. The van der Waals surface area contributed by atoms with Gasteiger partial charge in [0, 0.05) is 12.6 Å². The van der Waals surface area contributed by atoms with Crippen molar-refractivity contribution in [2.45, 2.75) is 12.6 Å². The lowest BCUT2D eigenvalue weighted by Gasteiger charge is -2.14. The Labute approximate surface area is 159 Å². The van der Waals surface area contributed by atoms with Gasteiger partial charge >= 0.3 is 6.18 Å². The first-order valence-electron chi connectivity index (χ1n) is 8.51. The Morgan fingerprint density at radius 3 is 2.43 bits per heavy atom. The van der Waals surface area contributed by atoms with Crippen LogP contribution in [-0.4, -0.2) is 22.4 Å². The summed E-state index contributed by atoms with van der Waals surface area (Å²) in [7, 11) is 0. The minimum atomic E-state index is -4.51. The quantitative estimate of drug-likeness (QED) is 0.666. The van der Waals surface area contributed by atoms with E-state index in [1.807, 2.05) is 30.3 Å². The highest BCUT2D eigenvalue weighted by atomic mass is 19.4. The van der Waals surface area contributed by atoms with Crippen LogP contribution in [0.3, 0.4) is 0 Å². The first-order valence-corrected chi connectivity index (χ1v) is 8.51. The SMILES string of the molecule is O=C(NCCc1ccccc1)c1cc(Nc2ccccc2C(F)(F)F)ncn1. The first kappa shape index (κ1) is 19.3. The average molecular weight is 386 g/mol. The Hall–Kier alpha value is -3.42. The van der Waals surface area contributed by atoms with Crippen molar-refractivity contribution in [2.75, 3.05) is 11.9 Å². The van der Waals surface area contributed by atoms with Gasteiger partial charge in [0.15, 0.2) is 0 Å². The van der Waals surface area contributed by atoms with Gasteiger partial charge < -0.3 is 10.6 Å². The Morgan fingerprint density at radius 2 is 1.68 bits per heavy atom. The lowest BCUT2D eigenvalue weighted by molar-refractivity contribution is -0.136. The molecule has 0 atom stereocenters. The zero-order valence-corrected chi connectivity index (χ0v) is 14.7. The predicted molar refractivity (Wildman–Crippen MR) is 99.2 cm³/mol. The number of alkyl halides is 3. The topological polar surface area (TPSA) is 66.9 Å². The first-order chi connectivity index (χ1) is 13.4. The van der Waals surface area contributed by atoms with Crippen LogP contribution in [0.4, 0.5) is 24.7 Å². The number of aromatic nitrogens is 2. The Morgan fingerprint density at radius 1 is 0.964 bits per heavy atom. The number of benzene rings is 2. The van der Waals surface area contributed by atoms with Gasteiger partial charge in [0.25, 0.3) is 5.91 Å². The van der Waals surface area contributed by atoms with Gasteiger partial charge in [-0.3, -0.25) is 4.79 Å². The molecule has 0 unspecified atom stereocenters. The summed E-state index contributed by atoms with van der Waals surface area (Å²) in [6, 6.07) is 16.0. The van der Waals surface area contributed by atoms with Gasteiger partial charge in [-0.05, 0) is 24.1 Å². The van der Waals surface area contributed by atoms with Crippen molar-refractivity contribution >= 4 is 17.4 Å². The van der Waals surface area contributed by atoms with Crippen LogP contribution in [0.25, 0.3) is 0 Å². The molecule has 3 rings (SSSR count). The fourth-order valence-corrected chi connectivity index (χ4v) is 2.58. The van der Waals surface area contributed by atoms with E-state index in [1.165, 1.54) is 24.3 Å². The molecule has 144 valence electrons. The van der Waals surface area contributed by atoms with Gasteiger partial charge in [0.2, 0.25) is 0 Å². The molecule has 2 N–H and O–H groups in total. The molecule has 0 aliphatic heterocycles. The molecule has 2 aromatic carbocycles. The number of halogens is 3. The molecule has 1 heterocycles. The van der Waals surface area contributed by atoms with Gasteiger partial charge in [0.05, 0.1) is 11.3 Å². The number of hydrogen-bond donors (Lipinski definition) is 2. The summed E-state index contributed by atoms with van der Waals surface area (Å²) in [6.07, 6.45) is -2.72. The number of hydrogen-bond acceptors (Lipinski definition) is 4. The second kappa shape index (κ2) is 8.51. The molecule has 0 saturated carbocycles. The van der Waals surface area contributed by atoms with Gasteiger partial charge in [0.1, 0.15) is 17.8 Å². The number of para-hydroxylation sites is 1. The summed E-state index contributed by atoms with van der Waals surface area (Å²) in [6.45, 7) is 0.409. The van der Waals surface area contributed by atoms with Crippen molar-refractivity contribution in [1.29, 1.82) is 0 Å². The monoisotopic (exact) mass is 386 g/mol. The summed E-state index contributed by atoms with van der Waals surface area (Å²) in [5, 5.41) is 5.34. The maximum atomic E-state index is 13.1. The number of amides is 1. The Kier molecular flexibility index (Phi) is 5.88. The minimum Gasteiger partial charge on any atom is -0.350 e. The third-order valence-corrected chi connectivity index (χ3v) is 3.94. The third kappa shape index (κ3) is 5.06. The molecule has 1 aromatic heterocycles. The van der Waals surface area contributed by atoms with Gasteiger partial charge in [-0.2, -0.15) is 13.2 Å². The van der Waals surface area contributed by atoms with Crippen molar-refractivity contribution in [2.24, 2.45) is 0 Å². The van der Waals surface area contributed by atoms with E-state index >= 15 is 0 Å². The molecule has 28 heavy (non-hydrogen) atoms. The fraction of sp³-hybridized carbons (Fsp3) is 0.150. The Bertz CT molecular complexity index is 945. The molecule has 0 bridgehead atoms. The molecule has 5 nitrogen and oxygen atoms in total. The summed E-state index contributed by atoms with van der Waals surface area (Å²) in [4.78, 5) is 20.0. The molecule has 8 heteroatoms. The van der Waals surface area contributed by atoms with Crippen LogP contribution in [0, 0.1) is 0 Å². The van der Waals surface area contributed by atoms with Crippen molar-refractivity contribution < 1.29 is 18.0 Å². The van der Waals surface area contributed by atoms with Crippen LogP contribution in [0.2, 0.25) is 0 Å². The number of nitrogens with zero attached hydrogens (tertiary/aromatic N) is 2. The Balaban J connectivity index is 1.66. The van der Waals surface area contributed by atoms with Crippen LogP contribution in [0.1, 0.15) is 21.6 Å². The summed E-state index contributed by atoms with van der Waals surface area (Å²) < 4.78 is 39.3. The molecule has 0 aliphatic rings. The van der Waals surface area contributed by atoms with Crippen LogP contribution in [0.15, 0.2) is 67.0 Å². The van der Waals surface area contributed by atoms with E-state index in [0.29, 0.717) is 13.0 Å². The van der Waals surface area contributed by atoms with Gasteiger partial charge in [-0.1, -0.05) is 42.5 Å². The van der Waals surface area contributed by atoms with Crippen molar-refractivity contribution in [3.05, 3.63) is 83.8 Å². The highest BCUT2D eigenvalue weighted by Gasteiger charge is 2.33. The van der Waals surface area contributed by atoms with Crippen molar-refractivity contribution in [1.82, 2.24) is 15.3 Å². The smallest absolute Gasteiger partial charge is 0.350 e. The van der Waals surface area contributed by atoms with E-state index in [1.54, 1.807) is 0 Å². The zero-order chi connectivity index (χ0) is 20.0. The maximum Gasteiger partial charge on any atom is 0.418 e. The fourth-order valence-electron chi connectivity index (χ4n) is 2.58. The molecule has 0 spiro atoms. The van der Waals surface area contributed by atoms with Crippen LogP contribution in [0.5, 0.6) is 0 Å². The van der Waals surface area contributed by atoms with Gasteiger partial charge in [-0.15, -0.1) is 0 Å². The normalized spacial score (nSPS) is 11.1. The molecule has 0 aliphatic carbocycles. The molecule has 0 radical (unpaired) electrons. The van der Waals surface area contributed by atoms with E-state index in [4.69, 9.17) is 0 Å². The molecule has 1 amide bonds. The van der Waals surface area contributed by atoms with Crippen LogP contribution < -0.4 is 10.6 Å². The van der Waals surface area contributed by atoms with E-state index in [2.05, 4.69) is 20.6 Å². The second-order valence-electron chi connectivity index (χ2n) is 5.95. The predicted octanol–water partition coefficient (Wildman–Crippen LogP) is 4.21. The van der Waals surface area contributed by atoms with Gasteiger partial charge in [-0.25, -0.2) is 9.97 Å². The lowest BCUT2D eigenvalue weighted by Crippen LogP contribution is -2.26. The molecular formula is C20H17F3N4O. The minimum absolute atomic E-state index is 0.0649. The molecule has 0 saturated heterocycles. The average Bonchev–Trinajstić information content (AvgIpc) is 2.68. The number of rotatable bonds is 6. The third-order valence-electron chi connectivity index (χ3n) is 3.94. The van der Waals surface area contributed by atoms with E-state index in [-0.39, 0.29) is 17.2 Å². The van der Waals surface area contributed by atoms with Crippen molar-refractivity contribution in [3.63, 3.8) is 0 Å². The van der Waals surface area contributed by atoms with E-state index in [9.17, 15) is 18.0 Å². The number of carbonyl (C=O) groups excluding carboxylic acids is 1. The maximum absolute atomic E-state index is 13.1.